The quantitative estimate of drug-likeness (QED) is 0.334. The topological polar surface area (TPSA) is 117 Å². The van der Waals surface area contributed by atoms with Gasteiger partial charge in [0.05, 0.1) is 23.7 Å². The number of aliphatic hydroxyl groups is 1. The van der Waals surface area contributed by atoms with E-state index in [0.717, 1.165) is 13.1 Å². The van der Waals surface area contributed by atoms with Crippen molar-refractivity contribution in [3.05, 3.63) is 76.2 Å². The van der Waals surface area contributed by atoms with E-state index in [2.05, 4.69) is 10.2 Å². The van der Waals surface area contributed by atoms with Crippen molar-refractivity contribution in [2.24, 2.45) is 7.05 Å². The number of Topliss-reactive ketones (excluding diaryl/α,β-unsaturated/α-hetero) is 1. The summed E-state index contributed by atoms with van der Waals surface area (Å²) in [6.45, 7) is 2.33. The molecule has 0 spiro atoms. The number of nitrogens with zero attached hydrogens (tertiary/aromatic N) is 3. The van der Waals surface area contributed by atoms with Crippen molar-refractivity contribution in [3.8, 4) is 5.75 Å². The van der Waals surface area contributed by atoms with E-state index in [0.29, 0.717) is 47.9 Å². The number of hydrogen-bond acceptors (Lipinski definition) is 6. The Bertz CT molecular complexity index is 1530. The molecule has 192 valence electrons. The van der Waals surface area contributed by atoms with Gasteiger partial charge in [0.25, 0.3) is 11.5 Å². The van der Waals surface area contributed by atoms with Crippen LogP contribution in [0.3, 0.4) is 0 Å². The molecule has 1 saturated heterocycles. The van der Waals surface area contributed by atoms with Crippen LogP contribution in [0.5, 0.6) is 5.75 Å². The molecule has 0 atom stereocenters. The number of carbonyl (C=O) groups is 2. The van der Waals surface area contributed by atoms with Crippen LogP contribution < -0.4 is 10.9 Å². The number of likely N-dealkylation sites (tertiary alicyclic amines) is 1. The number of aliphatic hydroxyl groups excluding tert-OH is 1. The number of aromatic nitrogens is 2. The van der Waals surface area contributed by atoms with Gasteiger partial charge in [-0.25, -0.2) is 0 Å². The average molecular weight is 503 g/mol. The molecule has 5 rings (SSSR count). The van der Waals surface area contributed by atoms with E-state index < -0.39 is 17.2 Å². The highest BCUT2D eigenvalue weighted by Gasteiger charge is 2.27. The molecule has 1 amide bonds. The Morgan fingerprint density at radius 3 is 2.43 bits per heavy atom. The van der Waals surface area contributed by atoms with E-state index in [9.17, 15) is 24.6 Å². The van der Waals surface area contributed by atoms with Gasteiger partial charge in [-0.15, -0.1) is 0 Å². The number of amides is 1. The summed E-state index contributed by atoms with van der Waals surface area (Å²) in [4.78, 5) is 41.9. The fraction of sp³-hybridized carbons (Fsp3) is 0.321. The van der Waals surface area contributed by atoms with E-state index in [-0.39, 0.29) is 29.5 Å². The summed E-state index contributed by atoms with van der Waals surface area (Å²) in [5, 5.41) is 24.3. The largest absolute Gasteiger partial charge is 0.505 e. The first-order valence-electron chi connectivity index (χ1n) is 12.5. The average Bonchev–Trinajstić information content (AvgIpc) is 3.18. The third-order valence-electron chi connectivity index (χ3n) is 7.16. The first kappa shape index (κ1) is 24.7. The minimum Gasteiger partial charge on any atom is -0.505 e. The lowest BCUT2D eigenvalue weighted by Gasteiger charge is -2.29. The van der Waals surface area contributed by atoms with Crippen LogP contribution in [0.25, 0.3) is 21.8 Å². The molecule has 0 aliphatic carbocycles. The Morgan fingerprint density at radius 1 is 1.03 bits per heavy atom. The SMILES string of the molecule is Cn1c(C(=O)NCCN2CCC(O)CC2)c(O)c2c(=O)n(CC(=O)c3ccccc3)c3ccccc3c21. The fourth-order valence-corrected chi connectivity index (χ4v) is 5.17. The summed E-state index contributed by atoms with van der Waals surface area (Å²) in [7, 11) is 1.65. The molecule has 4 aromatic rings. The number of aryl methyl sites for hydroxylation is 1. The third kappa shape index (κ3) is 4.63. The highest BCUT2D eigenvalue weighted by Crippen LogP contribution is 2.33. The molecule has 3 heterocycles. The second-order valence-corrected chi connectivity index (χ2v) is 9.51. The number of nitrogens with one attached hydrogen (secondary N) is 1. The molecule has 0 unspecified atom stereocenters. The molecule has 1 aliphatic rings. The molecular weight excluding hydrogens is 472 g/mol. The van der Waals surface area contributed by atoms with Crippen molar-refractivity contribution in [2.75, 3.05) is 26.2 Å². The first-order chi connectivity index (χ1) is 17.9. The van der Waals surface area contributed by atoms with Gasteiger partial charge >= 0.3 is 0 Å². The summed E-state index contributed by atoms with van der Waals surface area (Å²) in [5.41, 5.74) is 0.940. The zero-order chi connectivity index (χ0) is 26.1. The Labute approximate surface area is 213 Å². The van der Waals surface area contributed by atoms with Crippen LogP contribution >= 0.6 is 0 Å². The number of piperidine rings is 1. The lowest BCUT2D eigenvalue weighted by Crippen LogP contribution is -2.41. The summed E-state index contributed by atoms with van der Waals surface area (Å²) in [6, 6.07) is 15.9. The van der Waals surface area contributed by atoms with E-state index in [1.54, 1.807) is 48.0 Å². The second-order valence-electron chi connectivity index (χ2n) is 9.51. The molecule has 0 radical (unpaired) electrons. The molecule has 1 fully saturated rings. The molecule has 9 nitrogen and oxygen atoms in total. The Morgan fingerprint density at radius 2 is 1.70 bits per heavy atom. The minimum atomic E-state index is -0.531. The van der Waals surface area contributed by atoms with Gasteiger partial charge in [-0.1, -0.05) is 48.5 Å². The van der Waals surface area contributed by atoms with E-state index in [1.165, 1.54) is 4.57 Å². The molecule has 0 saturated carbocycles. The summed E-state index contributed by atoms with van der Waals surface area (Å²) in [5.74, 6) is -1.11. The number of ketones is 1. The molecule has 37 heavy (non-hydrogen) atoms. The Kier molecular flexibility index (Phi) is 6.82. The lowest BCUT2D eigenvalue weighted by atomic mass is 10.1. The van der Waals surface area contributed by atoms with Crippen molar-refractivity contribution >= 4 is 33.5 Å². The first-order valence-corrected chi connectivity index (χ1v) is 12.5. The zero-order valence-electron chi connectivity index (χ0n) is 20.7. The maximum Gasteiger partial charge on any atom is 0.271 e. The van der Waals surface area contributed by atoms with Gasteiger partial charge in [-0.05, 0) is 18.9 Å². The normalized spacial score (nSPS) is 14.9. The molecule has 2 aromatic carbocycles. The Hall–Kier alpha value is -3.95. The van der Waals surface area contributed by atoms with Gasteiger partial charge in [-0.2, -0.15) is 0 Å². The predicted octanol–water partition coefficient (Wildman–Crippen LogP) is 2.27. The lowest BCUT2D eigenvalue weighted by molar-refractivity contribution is 0.0802. The number of pyridine rings is 1. The van der Waals surface area contributed by atoms with Crippen molar-refractivity contribution in [3.63, 3.8) is 0 Å². The maximum atomic E-state index is 13.6. The van der Waals surface area contributed by atoms with Crippen LogP contribution in [-0.2, 0) is 13.6 Å². The van der Waals surface area contributed by atoms with Gasteiger partial charge in [0.2, 0.25) is 0 Å². The van der Waals surface area contributed by atoms with Crippen molar-refractivity contribution < 1.29 is 19.8 Å². The number of hydrogen-bond donors (Lipinski definition) is 3. The Balaban J connectivity index is 1.50. The second kappa shape index (κ2) is 10.2. The minimum absolute atomic E-state index is 0.00143. The van der Waals surface area contributed by atoms with Crippen molar-refractivity contribution in [2.45, 2.75) is 25.5 Å². The molecule has 2 aromatic heterocycles. The zero-order valence-corrected chi connectivity index (χ0v) is 20.7. The summed E-state index contributed by atoms with van der Waals surface area (Å²) in [6.07, 6.45) is 1.16. The van der Waals surface area contributed by atoms with Crippen LogP contribution in [0.1, 0.15) is 33.7 Å². The smallest absolute Gasteiger partial charge is 0.271 e. The van der Waals surface area contributed by atoms with Crippen LogP contribution in [0.2, 0.25) is 0 Å². The van der Waals surface area contributed by atoms with Gasteiger partial charge in [0, 0.05) is 44.2 Å². The van der Waals surface area contributed by atoms with Crippen molar-refractivity contribution in [1.82, 2.24) is 19.4 Å². The highest BCUT2D eigenvalue weighted by molar-refractivity contribution is 6.12. The number of carbonyl (C=O) groups excluding carboxylic acids is 2. The van der Waals surface area contributed by atoms with Gasteiger partial charge in [0.15, 0.2) is 11.5 Å². The van der Waals surface area contributed by atoms with Gasteiger partial charge in [-0.3, -0.25) is 19.0 Å². The number of para-hydroxylation sites is 1. The molecule has 9 heteroatoms. The maximum absolute atomic E-state index is 13.6. The molecule has 0 bridgehead atoms. The number of benzene rings is 2. The van der Waals surface area contributed by atoms with E-state index >= 15 is 0 Å². The summed E-state index contributed by atoms with van der Waals surface area (Å²) < 4.78 is 2.91. The van der Waals surface area contributed by atoms with E-state index in [4.69, 9.17) is 0 Å². The highest BCUT2D eigenvalue weighted by atomic mass is 16.3. The predicted molar refractivity (Wildman–Crippen MR) is 141 cm³/mol. The van der Waals surface area contributed by atoms with Crippen LogP contribution in [0, 0.1) is 0 Å². The number of fused-ring (bicyclic) bond motifs is 3. The van der Waals surface area contributed by atoms with Crippen molar-refractivity contribution in [1.29, 1.82) is 0 Å². The third-order valence-corrected chi connectivity index (χ3v) is 7.16. The molecule has 3 N–H and O–H groups in total. The van der Waals surface area contributed by atoms with Crippen LogP contribution in [0.15, 0.2) is 59.4 Å². The monoisotopic (exact) mass is 502 g/mol. The molecular formula is C28H30N4O5. The van der Waals surface area contributed by atoms with Crippen LogP contribution in [-0.4, -0.2) is 68.2 Å². The fourth-order valence-electron chi connectivity index (χ4n) is 5.17. The van der Waals surface area contributed by atoms with Crippen LogP contribution in [0.4, 0.5) is 0 Å². The summed E-state index contributed by atoms with van der Waals surface area (Å²) >= 11 is 0. The number of rotatable bonds is 7. The van der Waals surface area contributed by atoms with Gasteiger partial charge in [0.1, 0.15) is 11.1 Å². The standard InChI is InChI=1S/C28H30N4O5/c1-30-24-20-9-5-6-10-21(20)32(17-22(34)18-7-3-2-4-8-18)28(37)23(24)26(35)25(30)27(36)29-13-16-31-14-11-19(33)12-15-31/h2-10,19,33,35H,11-17H2,1H3,(H,29,36). The van der Waals surface area contributed by atoms with Gasteiger partial charge < -0.3 is 25.0 Å². The molecule has 1 aliphatic heterocycles. The van der Waals surface area contributed by atoms with E-state index in [1.807, 2.05) is 18.2 Å². The number of aromatic hydroxyl groups is 1.